The minimum Gasteiger partial charge on any atom is -0.269 e. The fourth-order valence-electron chi connectivity index (χ4n) is 2.54. The van der Waals surface area contributed by atoms with Gasteiger partial charge in [-0.15, -0.1) is 0 Å². The minimum atomic E-state index is -3.70. The summed E-state index contributed by atoms with van der Waals surface area (Å²) in [6.07, 6.45) is 1.10. The van der Waals surface area contributed by atoms with Gasteiger partial charge < -0.3 is 0 Å². The Morgan fingerprint density at radius 3 is 2.16 bits per heavy atom. The maximum Gasteiger partial charge on any atom is 0.240 e. The summed E-state index contributed by atoms with van der Waals surface area (Å²) >= 11 is 0. The van der Waals surface area contributed by atoms with Gasteiger partial charge in [-0.1, -0.05) is 35.9 Å². The normalized spacial score (nSPS) is 12.1. The van der Waals surface area contributed by atoms with Crippen LogP contribution in [-0.2, 0) is 20.0 Å². The summed E-state index contributed by atoms with van der Waals surface area (Å²) in [7, 11) is -7.22. The van der Waals surface area contributed by atoms with Gasteiger partial charge in [0, 0.05) is 13.1 Å². The number of hydrogen-bond acceptors (Lipinski definition) is 4. The Balaban J connectivity index is 2.14. The highest BCUT2D eigenvalue weighted by molar-refractivity contribution is 7.92. The van der Waals surface area contributed by atoms with Crippen molar-refractivity contribution < 1.29 is 16.8 Å². The zero-order chi connectivity index (χ0) is 18.7. The van der Waals surface area contributed by atoms with E-state index in [9.17, 15) is 16.8 Å². The van der Waals surface area contributed by atoms with Crippen molar-refractivity contribution in [2.75, 3.05) is 23.7 Å². The summed E-state index contributed by atoms with van der Waals surface area (Å²) in [5.41, 5.74) is 2.12. The number of anilines is 1. The van der Waals surface area contributed by atoms with Crippen molar-refractivity contribution in [2.24, 2.45) is 0 Å². The molecule has 0 saturated heterocycles. The topological polar surface area (TPSA) is 83.6 Å². The molecule has 0 spiro atoms. The largest absolute Gasteiger partial charge is 0.269 e. The summed E-state index contributed by atoms with van der Waals surface area (Å²) in [5.74, 6) is 0. The third kappa shape index (κ3) is 5.04. The molecule has 0 aliphatic carbocycles. The number of rotatable bonds is 7. The molecule has 0 unspecified atom stereocenters. The molecule has 0 aliphatic rings. The molecule has 6 nitrogen and oxygen atoms in total. The molecule has 1 N–H and O–H groups in total. The second-order valence-electron chi connectivity index (χ2n) is 5.84. The fourth-order valence-corrected chi connectivity index (χ4v) is 4.71. The maximum atomic E-state index is 12.5. The van der Waals surface area contributed by atoms with Crippen molar-refractivity contribution in [1.29, 1.82) is 0 Å². The van der Waals surface area contributed by atoms with Gasteiger partial charge >= 0.3 is 0 Å². The number of para-hydroxylation sites is 1. The fraction of sp³-hybridized carbons (Fsp3) is 0.294. The van der Waals surface area contributed by atoms with Crippen LogP contribution in [0.3, 0.4) is 0 Å². The molecule has 136 valence electrons. The predicted molar refractivity (Wildman–Crippen MR) is 99.7 cm³/mol. The average Bonchev–Trinajstić information content (AvgIpc) is 2.50. The Morgan fingerprint density at radius 2 is 1.60 bits per heavy atom. The van der Waals surface area contributed by atoms with Gasteiger partial charge in [0.05, 0.1) is 16.8 Å². The molecular weight excluding hydrogens is 360 g/mol. The molecular formula is C17H22N2O4S2. The molecule has 0 radical (unpaired) electrons. The smallest absolute Gasteiger partial charge is 0.240 e. The molecule has 2 aromatic rings. The lowest BCUT2D eigenvalue weighted by atomic mass is 10.2. The molecule has 0 fully saturated rings. The number of nitrogens with zero attached hydrogens (tertiary/aromatic N) is 1. The van der Waals surface area contributed by atoms with Crippen LogP contribution in [0, 0.1) is 13.8 Å². The van der Waals surface area contributed by atoms with Crippen molar-refractivity contribution in [2.45, 2.75) is 18.7 Å². The summed E-state index contributed by atoms with van der Waals surface area (Å²) in [6, 6.07) is 13.7. The zero-order valence-corrected chi connectivity index (χ0v) is 16.1. The quantitative estimate of drug-likeness (QED) is 0.794. The first-order valence-corrected chi connectivity index (χ1v) is 11.0. The van der Waals surface area contributed by atoms with Gasteiger partial charge in [0.2, 0.25) is 20.0 Å². The first kappa shape index (κ1) is 19.4. The third-order valence-electron chi connectivity index (χ3n) is 3.67. The molecule has 0 heterocycles. The Bertz CT molecular complexity index is 940. The van der Waals surface area contributed by atoms with E-state index in [-0.39, 0.29) is 18.0 Å². The van der Waals surface area contributed by atoms with Crippen LogP contribution >= 0.6 is 0 Å². The lowest BCUT2D eigenvalue weighted by Crippen LogP contribution is -2.38. The maximum absolute atomic E-state index is 12.5. The first-order valence-electron chi connectivity index (χ1n) is 7.71. The van der Waals surface area contributed by atoms with Gasteiger partial charge in [-0.25, -0.2) is 21.6 Å². The van der Waals surface area contributed by atoms with E-state index >= 15 is 0 Å². The van der Waals surface area contributed by atoms with Crippen molar-refractivity contribution in [3.05, 3.63) is 59.7 Å². The van der Waals surface area contributed by atoms with Gasteiger partial charge in [-0.05, 0) is 37.6 Å². The lowest BCUT2D eigenvalue weighted by Gasteiger charge is -2.22. The van der Waals surface area contributed by atoms with Crippen LogP contribution in [0.5, 0.6) is 0 Å². The van der Waals surface area contributed by atoms with Gasteiger partial charge in [-0.2, -0.15) is 0 Å². The van der Waals surface area contributed by atoms with E-state index in [1.54, 1.807) is 55.5 Å². The van der Waals surface area contributed by atoms with Crippen LogP contribution in [0.4, 0.5) is 5.69 Å². The molecule has 0 bridgehead atoms. The Morgan fingerprint density at radius 1 is 0.960 bits per heavy atom. The van der Waals surface area contributed by atoms with Gasteiger partial charge in [-0.3, -0.25) is 4.31 Å². The Kier molecular flexibility index (Phi) is 5.87. The second kappa shape index (κ2) is 7.55. The molecule has 8 heteroatoms. The number of hydrogen-bond donors (Lipinski definition) is 1. The van der Waals surface area contributed by atoms with Crippen molar-refractivity contribution in [3.63, 3.8) is 0 Å². The van der Waals surface area contributed by atoms with Crippen LogP contribution in [0.25, 0.3) is 0 Å². The molecule has 2 aromatic carbocycles. The number of sulfonamides is 2. The van der Waals surface area contributed by atoms with Gasteiger partial charge in [0.25, 0.3) is 0 Å². The summed E-state index contributed by atoms with van der Waals surface area (Å²) in [6.45, 7) is 3.60. The number of aryl methyl sites for hydroxylation is 2. The molecule has 0 saturated carbocycles. The lowest BCUT2D eigenvalue weighted by molar-refractivity contribution is 0.578. The monoisotopic (exact) mass is 382 g/mol. The van der Waals surface area contributed by atoms with Crippen LogP contribution in [0.15, 0.2) is 53.4 Å². The van der Waals surface area contributed by atoms with Crippen LogP contribution < -0.4 is 9.03 Å². The van der Waals surface area contributed by atoms with Gasteiger partial charge in [0.15, 0.2) is 0 Å². The first-order chi connectivity index (χ1) is 11.6. The summed E-state index contributed by atoms with van der Waals surface area (Å²) in [5, 5.41) is 0. The SMILES string of the molecule is Cc1ccc(S(=O)(=O)NCCN(c2ccccc2)S(C)(=O)=O)c(C)c1. The van der Waals surface area contributed by atoms with E-state index in [4.69, 9.17) is 0 Å². The van der Waals surface area contributed by atoms with E-state index in [0.717, 1.165) is 11.8 Å². The number of nitrogens with one attached hydrogen (secondary N) is 1. The third-order valence-corrected chi connectivity index (χ3v) is 6.49. The van der Waals surface area contributed by atoms with E-state index in [0.29, 0.717) is 11.3 Å². The molecule has 0 atom stereocenters. The predicted octanol–water partition coefficient (Wildman–Crippen LogP) is 2.05. The van der Waals surface area contributed by atoms with Crippen LogP contribution in [0.1, 0.15) is 11.1 Å². The number of benzene rings is 2. The Labute approximate surface area is 149 Å². The highest BCUT2D eigenvalue weighted by Gasteiger charge is 2.20. The minimum absolute atomic E-state index is 0.00693. The van der Waals surface area contributed by atoms with E-state index < -0.39 is 20.0 Å². The van der Waals surface area contributed by atoms with Crippen LogP contribution in [0.2, 0.25) is 0 Å². The van der Waals surface area contributed by atoms with E-state index in [2.05, 4.69) is 4.72 Å². The Hall–Kier alpha value is -1.90. The molecule has 25 heavy (non-hydrogen) atoms. The molecule has 0 aromatic heterocycles. The highest BCUT2D eigenvalue weighted by Crippen LogP contribution is 2.18. The highest BCUT2D eigenvalue weighted by atomic mass is 32.2. The van der Waals surface area contributed by atoms with Crippen LogP contribution in [-0.4, -0.2) is 36.2 Å². The van der Waals surface area contributed by atoms with Crippen molar-refractivity contribution >= 4 is 25.7 Å². The van der Waals surface area contributed by atoms with E-state index in [1.165, 1.54) is 4.31 Å². The van der Waals surface area contributed by atoms with Crippen molar-refractivity contribution in [3.8, 4) is 0 Å². The molecule has 0 amide bonds. The van der Waals surface area contributed by atoms with E-state index in [1.807, 2.05) is 6.92 Å². The molecule has 2 rings (SSSR count). The second-order valence-corrected chi connectivity index (χ2v) is 9.48. The summed E-state index contributed by atoms with van der Waals surface area (Å²) < 4.78 is 52.6. The zero-order valence-electron chi connectivity index (χ0n) is 14.4. The average molecular weight is 383 g/mol. The van der Waals surface area contributed by atoms with Gasteiger partial charge in [0.1, 0.15) is 0 Å². The molecule has 0 aliphatic heterocycles. The summed E-state index contributed by atoms with van der Waals surface area (Å²) in [4.78, 5) is 0.198. The standard InChI is InChI=1S/C17H22N2O4S2/c1-14-9-10-17(15(2)13-14)25(22,23)18-11-12-19(24(3,20)21)16-7-5-4-6-8-16/h4-10,13,18H,11-12H2,1-3H3. The van der Waals surface area contributed by atoms with Crippen molar-refractivity contribution in [1.82, 2.24) is 4.72 Å².